The zero-order valence-electron chi connectivity index (χ0n) is 27.9. The van der Waals surface area contributed by atoms with Crippen molar-refractivity contribution in [3.63, 3.8) is 0 Å². The second-order valence-corrected chi connectivity index (χ2v) is 12.9. The van der Waals surface area contributed by atoms with E-state index in [1.807, 2.05) is 42.8 Å². The van der Waals surface area contributed by atoms with Gasteiger partial charge in [0.05, 0.1) is 36.2 Å². The third-order valence-corrected chi connectivity index (χ3v) is 9.80. The van der Waals surface area contributed by atoms with Gasteiger partial charge in [0.15, 0.2) is 5.82 Å². The number of rotatable bonds is 4. The summed E-state index contributed by atoms with van der Waals surface area (Å²) in [6, 6.07) is 13.1. The summed E-state index contributed by atoms with van der Waals surface area (Å²) in [4.78, 5) is 43.3. The summed E-state index contributed by atoms with van der Waals surface area (Å²) in [5.74, 6) is 1.02. The Bertz CT molecular complexity index is 2020. The van der Waals surface area contributed by atoms with E-state index in [1.54, 1.807) is 31.4 Å². The number of pyridine rings is 2. The lowest BCUT2D eigenvalue weighted by Gasteiger charge is -2.36. The monoisotopic (exact) mass is 650 g/mol. The molecular formula is C36H42N8O4. The molecular weight excluding hydrogens is 608 g/mol. The van der Waals surface area contributed by atoms with Crippen LogP contribution in [-0.2, 0) is 24.8 Å². The zero-order valence-corrected chi connectivity index (χ0v) is 27.9. The number of benzene rings is 1. The van der Waals surface area contributed by atoms with Crippen LogP contribution in [0.1, 0.15) is 70.8 Å². The average molecular weight is 651 g/mol. The first-order valence-electron chi connectivity index (χ1n) is 16.6. The van der Waals surface area contributed by atoms with Gasteiger partial charge in [0.1, 0.15) is 22.6 Å². The molecule has 4 aromatic heterocycles. The van der Waals surface area contributed by atoms with Crippen LogP contribution >= 0.6 is 0 Å². The number of fused-ring (bicyclic) bond motifs is 3. The molecule has 2 aliphatic heterocycles. The number of aryl methyl sites for hydroxylation is 3. The highest BCUT2D eigenvalue weighted by Gasteiger charge is 2.31. The van der Waals surface area contributed by atoms with Gasteiger partial charge in [-0.05, 0) is 74.6 Å². The summed E-state index contributed by atoms with van der Waals surface area (Å²) in [6.45, 7) is 3.68. The van der Waals surface area contributed by atoms with Gasteiger partial charge < -0.3 is 34.6 Å². The van der Waals surface area contributed by atoms with E-state index in [-0.39, 0.29) is 30.0 Å². The molecule has 6 heterocycles. The summed E-state index contributed by atoms with van der Waals surface area (Å²) in [5, 5.41) is 4.09. The minimum Gasteiger partial charge on any atom is -0.494 e. The lowest BCUT2D eigenvalue weighted by Crippen LogP contribution is -2.53. The number of likely N-dealkylation sites (tertiary alicyclic amines) is 1. The number of hydrogen-bond donors (Lipinski definition) is 2. The van der Waals surface area contributed by atoms with Gasteiger partial charge in [0, 0.05) is 57.0 Å². The second-order valence-electron chi connectivity index (χ2n) is 12.9. The maximum absolute atomic E-state index is 13.7. The number of carbonyl (C=O) groups excluding carboxylic acids is 2. The van der Waals surface area contributed by atoms with Crippen LogP contribution in [0.25, 0.3) is 33.6 Å². The Hall–Kier alpha value is -4.81. The Morgan fingerprint density at radius 1 is 1.06 bits per heavy atom. The molecule has 5 aromatic rings. The van der Waals surface area contributed by atoms with Gasteiger partial charge >= 0.3 is 0 Å². The number of nitrogens with two attached hydrogens (primary N) is 1. The molecule has 3 N–H and O–H groups in total. The first-order chi connectivity index (χ1) is 23.3. The van der Waals surface area contributed by atoms with E-state index in [2.05, 4.69) is 27.0 Å². The third kappa shape index (κ3) is 5.68. The predicted octanol–water partition coefficient (Wildman–Crippen LogP) is 4.40. The Balaban J connectivity index is 1.27. The van der Waals surface area contributed by atoms with Crippen molar-refractivity contribution >= 4 is 33.9 Å². The molecule has 0 unspecified atom stereocenters. The van der Waals surface area contributed by atoms with Gasteiger partial charge in [-0.1, -0.05) is 12.5 Å². The average Bonchev–Trinajstić information content (AvgIpc) is 3.63. The van der Waals surface area contributed by atoms with Crippen LogP contribution in [-0.4, -0.2) is 80.3 Å². The summed E-state index contributed by atoms with van der Waals surface area (Å²) in [7, 11) is 5.24. The number of methoxy groups -OCH3 is 2. The van der Waals surface area contributed by atoms with E-state index in [0.29, 0.717) is 42.0 Å². The van der Waals surface area contributed by atoms with Gasteiger partial charge in [-0.15, -0.1) is 0 Å². The van der Waals surface area contributed by atoms with E-state index in [9.17, 15) is 9.59 Å². The molecule has 12 nitrogen and oxygen atoms in total. The molecule has 2 aliphatic rings. The normalized spacial score (nSPS) is 20.5. The molecule has 2 bridgehead atoms. The van der Waals surface area contributed by atoms with Crippen molar-refractivity contribution < 1.29 is 19.1 Å². The number of amides is 2. The standard InChI is InChI=1S/C36H42N8O4/c1-21-26-12-11-23-18-28(44(33(23)40-26)15-7-5-6-9-22-10-8-14-38-31(22)35(45)39-21)34-41-27-17-24(19-30(48-4)32(27)42(34)2)36(46)43-16-13-29(47-3)25(37)20-43/h8,10-12,14,17-19,21,25,29H,5-7,9,13,15-16,20,37H2,1-4H3,(H,39,45)/t21-,25+,29-/m1/s1. The molecule has 2 amide bonds. The molecule has 48 heavy (non-hydrogen) atoms. The highest BCUT2D eigenvalue weighted by Crippen LogP contribution is 2.35. The third-order valence-electron chi connectivity index (χ3n) is 9.80. The van der Waals surface area contributed by atoms with Gasteiger partial charge in [-0.2, -0.15) is 0 Å². The van der Waals surface area contributed by atoms with Crippen molar-refractivity contribution in [2.75, 3.05) is 27.3 Å². The van der Waals surface area contributed by atoms with E-state index in [0.717, 1.165) is 71.6 Å². The topological polar surface area (TPSA) is 142 Å². The molecule has 0 radical (unpaired) electrons. The van der Waals surface area contributed by atoms with Gasteiger partial charge in [-0.3, -0.25) is 14.6 Å². The molecule has 1 saturated heterocycles. The SMILES string of the molecule is COc1cc(C(=O)N2CC[C@@H](OC)[C@@H](N)C2)cc2nc(-c3cc4ccc5nc4n3CCCCCc3cccnc3C(=O)N[C@@H]5C)n(C)c12. The molecule has 0 aliphatic carbocycles. The Morgan fingerprint density at radius 2 is 1.92 bits per heavy atom. The summed E-state index contributed by atoms with van der Waals surface area (Å²) in [6.07, 6.45) is 5.91. The van der Waals surface area contributed by atoms with Crippen LogP contribution in [0.3, 0.4) is 0 Å². The molecule has 250 valence electrons. The van der Waals surface area contributed by atoms with Crippen LogP contribution in [0.4, 0.5) is 0 Å². The zero-order chi connectivity index (χ0) is 33.5. The molecule has 0 spiro atoms. The fourth-order valence-corrected chi connectivity index (χ4v) is 7.18. The van der Waals surface area contributed by atoms with Crippen LogP contribution in [0.5, 0.6) is 5.75 Å². The number of carbonyl (C=O) groups is 2. The van der Waals surface area contributed by atoms with E-state index >= 15 is 0 Å². The number of nitrogens with one attached hydrogen (secondary N) is 1. The number of aromatic nitrogens is 5. The van der Waals surface area contributed by atoms with E-state index in [4.69, 9.17) is 25.2 Å². The predicted molar refractivity (Wildman–Crippen MR) is 183 cm³/mol. The molecule has 12 heteroatoms. The highest BCUT2D eigenvalue weighted by atomic mass is 16.5. The fraction of sp³-hybridized carbons (Fsp3) is 0.417. The first-order valence-corrected chi connectivity index (χ1v) is 16.6. The summed E-state index contributed by atoms with van der Waals surface area (Å²) in [5.41, 5.74) is 12.3. The van der Waals surface area contributed by atoms with E-state index in [1.165, 1.54) is 0 Å². The minimum atomic E-state index is -0.322. The first kappa shape index (κ1) is 31.8. The summed E-state index contributed by atoms with van der Waals surface area (Å²) < 4.78 is 15.6. The minimum absolute atomic E-state index is 0.0606. The molecule has 0 saturated carbocycles. The number of nitrogens with zero attached hydrogens (tertiary/aromatic N) is 6. The van der Waals surface area contributed by atoms with Crippen LogP contribution in [0.2, 0.25) is 0 Å². The lowest BCUT2D eigenvalue weighted by atomic mass is 10.0. The second kappa shape index (κ2) is 13.0. The number of imidazole rings is 1. The Morgan fingerprint density at radius 3 is 2.71 bits per heavy atom. The Labute approximate surface area is 279 Å². The quantitative estimate of drug-likeness (QED) is 0.292. The smallest absolute Gasteiger partial charge is 0.270 e. The number of hydrogen-bond acceptors (Lipinski definition) is 8. The van der Waals surface area contributed by atoms with Gasteiger partial charge in [0.2, 0.25) is 0 Å². The van der Waals surface area contributed by atoms with Crippen LogP contribution < -0.4 is 15.8 Å². The summed E-state index contributed by atoms with van der Waals surface area (Å²) >= 11 is 0. The van der Waals surface area contributed by atoms with Gasteiger partial charge in [0.25, 0.3) is 11.8 Å². The molecule has 3 atom stereocenters. The lowest BCUT2D eigenvalue weighted by molar-refractivity contribution is 0.0227. The van der Waals surface area contributed by atoms with Gasteiger partial charge in [-0.25, -0.2) is 9.97 Å². The van der Waals surface area contributed by atoms with Crippen molar-refractivity contribution in [1.82, 2.24) is 34.3 Å². The molecule has 7 rings (SSSR count). The Kier molecular flexibility index (Phi) is 8.61. The molecule has 1 fully saturated rings. The highest BCUT2D eigenvalue weighted by molar-refractivity contribution is 6.00. The molecule has 1 aromatic carbocycles. The van der Waals surface area contributed by atoms with Crippen molar-refractivity contribution in [1.29, 1.82) is 0 Å². The number of piperidine rings is 1. The van der Waals surface area contributed by atoms with Crippen molar-refractivity contribution in [3.05, 3.63) is 71.2 Å². The maximum atomic E-state index is 13.7. The van der Waals surface area contributed by atoms with Crippen LogP contribution in [0, 0.1) is 0 Å². The maximum Gasteiger partial charge on any atom is 0.270 e. The van der Waals surface area contributed by atoms with Crippen molar-refractivity contribution in [2.45, 2.75) is 63.8 Å². The van der Waals surface area contributed by atoms with Crippen LogP contribution in [0.15, 0.2) is 48.7 Å². The number of ether oxygens (including phenoxy) is 2. The fourth-order valence-electron chi connectivity index (χ4n) is 7.18. The van der Waals surface area contributed by atoms with Crippen molar-refractivity contribution in [3.8, 4) is 17.3 Å². The van der Waals surface area contributed by atoms with Crippen molar-refractivity contribution in [2.24, 2.45) is 12.8 Å². The largest absolute Gasteiger partial charge is 0.494 e. The van der Waals surface area contributed by atoms with E-state index < -0.39 is 0 Å².